The average molecular weight is 807 g/mol. The standard InChI is InChI=1S/C26H19F3N.C13H24O2.Ir/c1-25(2,26(27,28)29)14-16-7-8-18-15-30-24-21-10-9-17-5-3-4-6-19(17)20(21)11-12-22(24)23(18)13-16;1-5-10(6-2)12(14)9-13(15)11(7-3)8-4;/h3-9,11-13,15H,14H2,1-2H3;9-11,14H,5-8H2,1-4H3;/q-1;;/b;12-9-;. The number of halogens is 3. The molecule has 0 unspecified atom stereocenters. The number of hydrogen-bond acceptors (Lipinski definition) is 3. The van der Waals surface area contributed by atoms with Crippen molar-refractivity contribution in [2.24, 2.45) is 17.3 Å². The van der Waals surface area contributed by atoms with Gasteiger partial charge in [-0.3, -0.25) is 4.79 Å². The maximum absolute atomic E-state index is 13.4. The summed E-state index contributed by atoms with van der Waals surface area (Å²) in [6.07, 6.45) is 2.37. The molecule has 46 heavy (non-hydrogen) atoms. The maximum atomic E-state index is 13.4. The summed E-state index contributed by atoms with van der Waals surface area (Å²) in [6.45, 7) is 10.6. The number of fused-ring (bicyclic) bond motifs is 7. The Labute approximate surface area is 283 Å². The summed E-state index contributed by atoms with van der Waals surface area (Å²) in [5.74, 6) is 0.547. The summed E-state index contributed by atoms with van der Waals surface area (Å²) < 4.78 is 40.1. The van der Waals surface area contributed by atoms with Crippen LogP contribution in [-0.4, -0.2) is 22.1 Å². The Morgan fingerprint density at radius 2 is 1.48 bits per heavy atom. The van der Waals surface area contributed by atoms with Gasteiger partial charge in [0, 0.05) is 44.2 Å². The molecule has 7 heteroatoms. The summed E-state index contributed by atoms with van der Waals surface area (Å²) in [5.41, 5.74) is -0.305. The number of ketones is 1. The van der Waals surface area contributed by atoms with E-state index in [1.165, 1.54) is 19.9 Å². The van der Waals surface area contributed by atoms with E-state index in [0.717, 1.165) is 68.9 Å². The molecular formula is C39H43F3IrNO2-. The molecule has 5 aromatic rings. The first-order chi connectivity index (χ1) is 21.3. The first-order valence-corrected chi connectivity index (χ1v) is 15.9. The molecule has 0 saturated carbocycles. The van der Waals surface area contributed by atoms with E-state index in [-0.39, 0.29) is 49.9 Å². The number of aliphatic hydroxyl groups is 1. The van der Waals surface area contributed by atoms with Crippen molar-refractivity contribution in [3.05, 3.63) is 90.3 Å². The molecule has 0 aliphatic rings. The molecule has 0 aliphatic heterocycles. The minimum absolute atomic E-state index is 0. The van der Waals surface area contributed by atoms with Gasteiger partial charge in [0.15, 0.2) is 5.78 Å². The number of nitrogens with zero attached hydrogens (tertiary/aromatic N) is 1. The second-order valence-corrected chi connectivity index (χ2v) is 12.5. The van der Waals surface area contributed by atoms with Gasteiger partial charge in [-0.05, 0) is 59.3 Å². The molecule has 3 nitrogen and oxygen atoms in total. The van der Waals surface area contributed by atoms with Crippen LogP contribution in [0.1, 0.15) is 72.8 Å². The largest absolute Gasteiger partial charge is 0.512 e. The predicted octanol–water partition coefficient (Wildman–Crippen LogP) is 11.5. The van der Waals surface area contributed by atoms with Crippen molar-refractivity contribution in [2.75, 3.05) is 0 Å². The van der Waals surface area contributed by atoms with Crippen LogP contribution in [0.25, 0.3) is 43.2 Å². The van der Waals surface area contributed by atoms with E-state index in [9.17, 15) is 23.1 Å². The Bertz CT molecular complexity index is 1840. The molecule has 5 rings (SSSR count). The van der Waals surface area contributed by atoms with Crippen LogP contribution < -0.4 is 0 Å². The van der Waals surface area contributed by atoms with Gasteiger partial charge in [0.25, 0.3) is 0 Å². The number of aliphatic hydroxyl groups excluding tert-OH is 1. The van der Waals surface area contributed by atoms with Crippen molar-refractivity contribution in [2.45, 2.75) is 79.8 Å². The molecule has 0 spiro atoms. The molecule has 4 aromatic carbocycles. The van der Waals surface area contributed by atoms with E-state index in [4.69, 9.17) is 0 Å². The van der Waals surface area contributed by atoms with E-state index in [1.807, 2.05) is 64.1 Å². The molecule has 1 heterocycles. The third kappa shape index (κ3) is 7.98. The average Bonchev–Trinajstić information content (AvgIpc) is 3.01. The van der Waals surface area contributed by atoms with Gasteiger partial charge < -0.3 is 10.1 Å². The van der Waals surface area contributed by atoms with Crippen molar-refractivity contribution in [1.82, 2.24) is 4.98 Å². The Morgan fingerprint density at radius 1 is 0.848 bits per heavy atom. The normalized spacial score (nSPS) is 12.5. The zero-order valence-corrected chi connectivity index (χ0v) is 29.8. The quantitative estimate of drug-likeness (QED) is 0.0699. The van der Waals surface area contributed by atoms with Crippen LogP contribution in [-0.2, 0) is 31.3 Å². The van der Waals surface area contributed by atoms with Crippen LogP contribution in [0.3, 0.4) is 0 Å². The summed E-state index contributed by atoms with van der Waals surface area (Å²) >= 11 is 0. The molecule has 0 amide bonds. The van der Waals surface area contributed by atoms with Crippen molar-refractivity contribution >= 4 is 49.0 Å². The second-order valence-electron chi connectivity index (χ2n) is 12.5. The van der Waals surface area contributed by atoms with Crippen LogP contribution in [0.2, 0.25) is 0 Å². The third-order valence-corrected chi connectivity index (χ3v) is 9.04. The number of benzene rings is 4. The number of rotatable bonds is 9. The number of pyridine rings is 1. The summed E-state index contributed by atoms with van der Waals surface area (Å²) in [4.78, 5) is 16.4. The molecule has 0 atom stereocenters. The number of carbonyl (C=O) groups is 1. The topological polar surface area (TPSA) is 50.2 Å². The van der Waals surface area contributed by atoms with E-state index in [1.54, 1.807) is 12.3 Å². The first kappa shape index (κ1) is 37.2. The second kappa shape index (κ2) is 15.5. The number of allylic oxidation sites excluding steroid dienone is 2. The van der Waals surface area contributed by atoms with Crippen LogP contribution in [0.4, 0.5) is 13.2 Å². The van der Waals surface area contributed by atoms with Crippen molar-refractivity contribution < 1.29 is 43.2 Å². The van der Waals surface area contributed by atoms with Gasteiger partial charge in [-0.15, -0.1) is 17.5 Å². The number of carbonyl (C=O) groups excluding carboxylic acids is 1. The zero-order chi connectivity index (χ0) is 32.9. The number of alkyl halides is 3. The fraction of sp³-hybridized carbons (Fsp3) is 0.385. The Kier molecular flexibility index (Phi) is 12.6. The monoisotopic (exact) mass is 807 g/mol. The van der Waals surface area contributed by atoms with Crippen LogP contribution in [0.15, 0.2) is 78.7 Å². The molecular weight excluding hydrogens is 764 g/mol. The molecule has 0 saturated heterocycles. The summed E-state index contributed by atoms with van der Waals surface area (Å²) in [6, 6.07) is 23.0. The number of hydrogen-bond donors (Lipinski definition) is 1. The fourth-order valence-electron chi connectivity index (χ4n) is 5.91. The zero-order valence-electron chi connectivity index (χ0n) is 27.4. The molecule has 0 fully saturated rings. The van der Waals surface area contributed by atoms with Gasteiger partial charge in [-0.25, -0.2) is 0 Å². The van der Waals surface area contributed by atoms with Crippen molar-refractivity contribution in [1.29, 1.82) is 0 Å². The minimum atomic E-state index is -4.26. The van der Waals surface area contributed by atoms with Gasteiger partial charge in [-0.2, -0.15) is 13.2 Å². The SMILES string of the molecule is CC(C)(Cc1ccc2cnc3c4[c-]cc5ccccc5c4ccc3c2c1)C(F)(F)F.CCC(CC)C(=O)/C=C(\O)C(CC)CC.[Ir]. The van der Waals surface area contributed by atoms with Gasteiger partial charge in [0.2, 0.25) is 0 Å². The van der Waals surface area contributed by atoms with Gasteiger partial charge in [0.1, 0.15) is 0 Å². The Morgan fingerprint density at radius 3 is 2.11 bits per heavy atom. The molecule has 1 radical (unpaired) electrons. The Balaban J connectivity index is 0.000000309. The molecule has 0 bridgehead atoms. The maximum Gasteiger partial charge on any atom is 0.394 e. The minimum Gasteiger partial charge on any atom is -0.512 e. The van der Waals surface area contributed by atoms with Crippen LogP contribution in [0.5, 0.6) is 0 Å². The van der Waals surface area contributed by atoms with Crippen molar-refractivity contribution in [3.8, 4) is 0 Å². The van der Waals surface area contributed by atoms with Gasteiger partial charge in [-0.1, -0.05) is 112 Å². The van der Waals surface area contributed by atoms with Crippen LogP contribution in [0, 0.1) is 23.3 Å². The van der Waals surface area contributed by atoms with Gasteiger partial charge in [0.05, 0.1) is 11.2 Å². The summed E-state index contributed by atoms with van der Waals surface area (Å²) in [7, 11) is 0. The van der Waals surface area contributed by atoms with Crippen molar-refractivity contribution in [3.63, 3.8) is 0 Å². The van der Waals surface area contributed by atoms with E-state index >= 15 is 0 Å². The smallest absolute Gasteiger partial charge is 0.394 e. The Hall–Kier alpha value is -3.28. The molecule has 0 aliphatic carbocycles. The first-order valence-electron chi connectivity index (χ1n) is 15.9. The fourth-order valence-corrected chi connectivity index (χ4v) is 5.91. The van der Waals surface area contributed by atoms with Crippen LogP contribution >= 0.6 is 0 Å². The molecule has 1 aromatic heterocycles. The van der Waals surface area contributed by atoms with E-state index in [0.29, 0.717) is 5.56 Å². The summed E-state index contributed by atoms with van der Waals surface area (Å²) in [5, 5.41) is 16.8. The third-order valence-electron chi connectivity index (χ3n) is 9.04. The number of aromatic nitrogens is 1. The predicted molar refractivity (Wildman–Crippen MR) is 180 cm³/mol. The molecule has 1 N–H and O–H groups in total. The van der Waals surface area contributed by atoms with E-state index in [2.05, 4.69) is 29.2 Å². The van der Waals surface area contributed by atoms with Gasteiger partial charge >= 0.3 is 6.18 Å². The van der Waals surface area contributed by atoms with E-state index < -0.39 is 11.6 Å². The molecule has 247 valence electrons.